The van der Waals surface area contributed by atoms with Crippen molar-refractivity contribution in [3.05, 3.63) is 70.8 Å². The van der Waals surface area contributed by atoms with Gasteiger partial charge in [-0.25, -0.2) is 11.0 Å². The van der Waals surface area contributed by atoms with Gasteiger partial charge in [0.05, 0.1) is 13.2 Å². The molecular formula is C38H50N6O9S2. The van der Waals surface area contributed by atoms with E-state index in [4.69, 9.17) is 31.2 Å². The number of carbonyl (C=O) groups is 5. The minimum atomic E-state index is -1.11. The Labute approximate surface area is 335 Å². The first-order chi connectivity index (χ1) is 25.1. The van der Waals surface area contributed by atoms with E-state index < -0.39 is 46.8 Å². The van der Waals surface area contributed by atoms with Crippen LogP contribution in [0.3, 0.4) is 0 Å². The summed E-state index contributed by atoms with van der Waals surface area (Å²) in [5.74, 6) is 19.0. The first kappa shape index (κ1) is 54.0. The van der Waals surface area contributed by atoms with Crippen molar-refractivity contribution in [1.29, 1.82) is 0 Å². The molecule has 2 atom stereocenters. The van der Waals surface area contributed by atoms with Gasteiger partial charge >= 0.3 is 0 Å². The molecule has 0 bridgehead atoms. The Bertz CT molecular complexity index is 1770. The van der Waals surface area contributed by atoms with Gasteiger partial charge in [0.15, 0.2) is 0 Å². The second kappa shape index (κ2) is 29.1. The molecule has 0 fully saturated rings. The maximum Gasteiger partial charge on any atom is 0.267 e. The number of amides is 4. The lowest BCUT2D eigenvalue weighted by molar-refractivity contribution is -0.133. The fourth-order valence-electron chi connectivity index (χ4n) is 3.81. The van der Waals surface area contributed by atoms with Gasteiger partial charge < -0.3 is 36.7 Å². The molecule has 4 amide bonds. The van der Waals surface area contributed by atoms with Crippen molar-refractivity contribution in [2.24, 2.45) is 5.73 Å². The second-order valence-corrected chi connectivity index (χ2v) is 11.8. The highest BCUT2D eigenvalue weighted by molar-refractivity contribution is 7.59. The molecule has 0 unspecified atom stereocenters. The van der Waals surface area contributed by atoms with Gasteiger partial charge in [-0.3, -0.25) is 29.6 Å². The number of likely N-dealkylation sites (N-methyl/N-ethyl adjacent to an activating group) is 1. The molecule has 0 heterocycles. The molecular weight excluding hydrogens is 749 g/mol. The van der Waals surface area contributed by atoms with Crippen LogP contribution in [0.5, 0.6) is 0 Å². The molecule has 0 saturated heterocycles. The molecule has 298 valence electrons. The highest BCUT2D eigenvalue weighted by atomic mass is 32.1. The lowest BCUT2D eigenvalue weighted by Crippen LogP contribution is -2.62. The van der Waals surface area contributed by atoms with E-state index in [0.29, 0.717) is 35.1 Å². The maximum atomic E-state index is 12.4. The van der Waals surface area contributed by atoms with E-state index in [0.717, 1.165) is 0 Å². The zero-order valence-corrected chi connectivity index (χ0v) is 33.2. The van der Waals surface area contributed by atoms with Crippen LogP contribution < -0.4 is 32.6 Å². The Kier molecular flexibility index (Phi) is 28.6. The minimum absolute atomic E-state index is 0. The number of benzene rings is 2. The highest BCUT2D eigenvalue weighted by Gasteiger charge is 2.35. The van der Waals surface area contributed by atoms with Crippen LogP contribution in [0, 0.1) is 47.4 Å². The van der Waals surface area contributed by atoms with Gasteiger partial charge in [-0.2, -0.15) is 27.0 Å². The van der Waals surface area contributed by atoms with Crippen LogP contribution in [-0.4, -0.2) is 94.5 Å². The van der Waals surface area contributed by atoms with Crippen molar-refractivity contribution in [1.82, 2.24) is 26.9 Å². The first-order valence-electron chi connectivity index (χ1n) is 15.8. The molecule has 0 aromatic heterocycles. The van der Waals surface area contributed by atoms with Gasteiger partial charge in [-0.05, 0) is 107 Å². The van der Waals surface area contributed by atoms with Crippen molar-refractivity contribution >= 4 is 57.4 Å². The van der Waals surface area contributed by atoms with Gasteiger partial charge in [-0.15, -0.1) is 0 Å². The molecule has 15 nitrogen and oxygen atoms in total. The lowest BCUT2D eigenvalue weighted by Gasteiger charge is -2.32. The molecule has 0 aliphatic heterocycles. The van der Waals surface area contributed by atoms with Crippen LogP contribution in [0.1, 0.15) is 72.4 Å². The summed E-state index contributed by atoms with van der Waals surface area (Å²) in [4.78, 5) is 56.2. The zero-order chi connectivity index (χ0) is 40.5. The van der Waals surface area contributed by atoms with E-state index >= 15 is 0 Å². The highest BCUT2D eigenvalue weighted by Crippen LogP contribution is 2.12. The first-order valence-corrected chi connectivity index (χ1v) is 15.8. The summed E-state index contributed by atoms with van der Waals surface area (Å²) in [6, 6.07) is 10.8. The van der Waals surface area contributed by atoms with Gasteiger partial charge in [0.1, 0.15) is 18.9 Å². The molecule has 55 heavy (non-hydrogen) atoms. The van der Waals surface area contributed by atoms with Crippen molar-refractivity contribution in [3.8, 4) is 47.4 Å². The number of carbonyl (C=O) groups excluding carboxylic acids is 5. The zero-order valence-electron chi connectivity index (χ0n) is 31.2. The molecule has 0 spiro atoms. The molecule has 11 N–H and O–H groups in total. The molecule has 0 saturated carbocycles. The average molecular weight is 799 g/mol. The van der Waals surface area contributed by atoms with E-state index in [1.54, 1.807) is 88.8 Å². The van der Waals surface area contributed by atoms with Crippen LogP contribution in [-0.2, 0) is 14.4 Å². The fourth-order valence-corrected chi connectivity index (χ4v) is 3.81. The quantitative estimate of drug-likeness (QED) is 0.0812. The SMILES string of the molecule is C=O.CC(C)(N)[C@H](NC(=O)c1ccc(C#CC#CCCO)cc1)C(=O)NO.CNC(C)(C)[C@H](NC(=O)c1ccc(C#CC#CCCO)cc1)C(=O)NO.S.S. The van der Waals surface area contributed by atoms with Crippen molar-refractivity contribution < 1.29 is 44.6 Å². The predicted octanol–water partition coefficient (Wildman–Crippen LogP) is -0.169. The minimum Gasteiger partial charge on any atom is -0.395 e. The summed E-state index contributed by atoms with van der Waals surface area (Å²) in [5, 5.41) is 42.9. The molecule has 2 aromatic rings. The smallest absolute Gasteiger partial charge is 0.267 e. The molecule has 0 aliphatic rings. The summed E-state index contributed by atoms with van der Waals surface area (Å²) >= 11 is 0. The van der Waals surface area contributed by atoms with Gasteiger partial charge in [-0.1, -0.05) is 23.7 Å². The Morgan fingerprint density at radius 3 is 1.33 bits per heavy atom. The van der Waals surface area contributed by atoms with Crippen molar-refractivity contribution in [3.63, 3.8) is 0 Å². The summed E-state index contributed by atoms with van der Waals surface area (Å²) in [6.07, 6.45) is 0.743. The van der Waals surface area contributed by atoms with E-state index in [9.17, 15) is 19.2 Å². The summed E-state index contributed by atoms with van der Waals surface area (Å²) in [5.41, 5.74) is 9.10. The largest absolute Gasteiger partial charge is 0.395 e. The third-order valence-corrected chi connectivity index (χ3v) is 6.89. The number of hydrogen-bond donors (Lipinski definition) is 10. The lowest BCUT2D eigenvalue weighted by atomic mass is 9.93. The van der Waals surface area contributed by atoms with Crippen molar-refractivity contribution in [2.45, 2.75) is 63.7 Å². The standard InChI is InChI=1S/C19H23N3O4.C18H21N3O4.CH2O.2H2S/c1-19(2,20-3)16(18(25)22-26)21-17(24)15-11-9-14(10-12-15)8-6-4-5-7-13-23;1-18(2,19)15(17(24)21-25)20-16(23)14-10-8-13(9-11-14)7-5-3-4-6-12-22;1-2;;/h9-12,16,20,23,26H,7,13H2,1-3H3,(H,21,24)(H,22,25);8-11,15,22,25H,6,12,19H2,1-2H3,(H,20,23)(H,21,24);1H2;2*1H2/t16-;15-;;;/m11.../s1. The number of aliphatic hydroxyl groups is 2. The van der Waals surface area contributed by atoms with Gasteiger partial charge in [0.2, 0.25) is 0 Å². The monoisotopic (exact) mass is 798 g/mol. The van der Waals surface area contributed by atoms with Crippen LogP contribution in [0.4, 0.5) is 0 Å². The molecule has 0 aliphatic carbocycles. The van der Waals surface area contributed by atoms with E-state index in [1.807, 2.05) is 6.79 Å². The fraction of sp³-hybridized carbons (Fsp3) is 0.342. The van der Waals surface area contributed by atoms with Crippen LogP contribution in [0.2, 0.25) is 0 Å². The Morgan fingerprint density at radius 1 is 0.673 bits per heavy atom. The van der Waals surface area contributed by atoms with Gasteiger partial charge in [0, 0.05) is 46.2 Å². The number of hydroxylamine groups is 2. The summed E-state index contributed by atoms with van der Waals surface area (Å²) in [6.45, 7) is 8.56. The summed E-state index contributed by atoms with van der Waals surface area (Å²) < 4.78 is 0. The van der Waals surface area contributed by atoms with Crippen LogP contribution in [0.25, 0.3) is 0 Å². The maximum absolute atomic E-state index is 12.4. The number of hydrogen-bond acceptors (Lipinski definition) is 11. The average Bonchev–Trinajstić information content (AvgIpc) is 3.16. The van der Waals surface area contributed by atoms with E-state index in [2.05, 4.69) is 63.3 Å². The Morgan fingerprint density at radius 2 is 1.02 bits per heavy atom. The topological polar surface area (TPSA) is 252 Å². The predicted molar refractivity (Wildman–Crippen MR) is 217 cm³/mol. The third kappa shape index (κ3) is 20.7. The van der Waals surface area contributed by atoms with Crippen molar-refractivity contribution in [2.75, 3.05) is 20.3 Å². The Hall–Kier alpha value is -5.31. The number of aliphatic hydroxyl groups excluding tert-OH is 2. The van der Waals surface area contributed by atoms with Gasteiger partial charge in [0.25, 0.3) is 23.6 Å². The number of rotatable bonds is 11. The van der Waals surface area contributed by atoms with E-state index in [1.165, 1.54) is 5.48 Å². The molecule has 17 heteroatoms. The molecule has 2 aromatic carbocycles. The second-order valence-electron chi connectivity index (χ2n) is 11.8. The molecule has 2 rings (SSSR count). The normalized spacial score (nSPS) is 10.5. The number of nitrogens with one attached hydrogen (secondary N) is 5. The van der Waals surface area contributed by atoms with Crippen LogP contribution in [0.15, 0.2) is 48.5 Å². The summed E-state index contributed by atoms with van der Waals surface area (Å²) in [7, 11) is 1.65. The van der Waals surface area contributed by atoms with E-state index in [-0.39, 0.29) is 40.2 Å². The molecule has 0 radical (unpaired) electrons. The third-order valence-electron chi connectivity index (χ3n) is 6.89. The Balaban J connectivity index is -0.000000909. The van der Waals surface area contributed by atoms with Crippen LogP contribution >= 0.6 is 27.0 Å². The number of nitrogens with two attached hydrogens (primary N) is 1.